The monoisotopic (exact) mass is 292 g/mol. The first-order chi connectivity index (χ1) is 9.17. The summed E-state index contributed by atoms with van der Waals surface area (Å²) in [7, 11) is 0. The van der Waals surface area contributed by atoms with Crippen LogP contribution < -0.4 is 11.1 Å². The number of amides is 1. The molecule has 1 aliphatic rings. The molecular weight excluding hydrogens is 280 g/mol. The molecule has 0 spiro atoms. The minimum Gasteiger partial charge on any atom is -0.324 e. The van der Waals surface area contributed by atoms with E-state index in [4.69, 9.17) is 5.73 Å². The van der Waals surface area contributed by atoms with E-state index in [1.54, 1.807) is 11.8 Å². The quantitative estimate of drug-likeness (QED) is 0.906. The Morgan fingerprint density at radius 3 is 3.11 bits per heavy atom. The highest BCUT2D eigenvalue weighted by Gasteiger charge is 2.27. The fourth-order valence-electron chi connectivity index (χ4n) is 1.85. The number of aryl methyl sites for hydroxylation is 1. The lowest BCUT2D eigenvalue weighted by molar-refractivity contribution is -0.116. The highest BCUT2D eigenvalue weighted by Crippen LogP contribution is 2.36. The van der Waals surface area contributed by atoms with Crippen molar-refractivity contribution in [3.05, 3.63) is 29.6 Å². The van der Waals surface area contributed by atoms with Gasteiger partial charge < -0.3 is 11.1 Å². The van der Waals surface area contributed by atoms with Crippen molar-refractivity contribution in [1.82, 2.24) is 9.36 Å². The Kier molecular flexibility index (Phi) is 3.26. The average molecular weight is 292 g/mol. The van der Waals surface area contributed by atoms with Gasteiger partial charge in [0.1, 0.15) is 11.9 Å². The summed E-state index contributed by atoms with van der Waals surface area (Å²) in [6.07, 6.45) is 0.839. The fourth-order valence-corrected chi connectivity index (χ4v) is 3.57. The largest absolute Gasteiger partial charge is 0.324 e. The summed E-state index contributed by atoms with van der Waals surface area (Å²) in [6, 6.07) is 5.22. The number of nitrogens with zero attached hydrogens (tertiary/aromatic N) is 2. The third-order valence-electron chi connectivity index (χ3n) is 2.87. The molecule has 2 aromatic rings. The normalized spacial score (nSPS) is 17.4. The second-order valence-electron chi connectivity index (χ2n) is 4.15. The number of rotatable bonds is 3. The summed E-state index contributed by atoms with van der Waals surface area (Å²) in [5.74, 6) is 0.713. The van der Waals surface area contributed by atoms with E-state index < -0.39 is 6.04 Å². The van der Waals surface area contributed by atoms with Crippen molar-refractivity contribution in [1.29, 1.82) is 0 Å². The van der Waals surface area contributed by atoms with E-state index in [9.17, 15) is 4.79 Å². The number of hydrogen-bond donors (Lipinski definition) is 2. The zero-order valence-corrected chi connectivity index (χ0v) is 11.8. The minimum atomic E-state index is -0.553. The van der Waals surface area contributed by atoms with Crippen LogP contribution in [0.25, 0.3) is 0 Å². The molecule has 0 fully saturated rings. The summed E-state index contributed by atoms with van der Waals surface area (Å²) < 4.78 is 5.16. The van der Waals surface area contributed by atoms with Crippen LogP contribution in [-0.4, -0.2) is 15.3 Å². The number of nitrogens with two attached hydrogens (primary N) is 1. The zero-order chi connectivity index (χ0) is 13.4. The molecule has 1 unspecified atom stereocenters. The topological polar surface area (TPSA) is 80.9 Å². The highest BCUT2D eigenvalue weighted by molar-refractivity contribution is 8.01. The van der Waals surface area contributed by atoms with Crippen LogP contribution in [0.3, 0.4) is 0 Å². The molecule has 5 nitrogen and oxygen atoms in total. The molecule has 0 radical (unpaired) electrons. The van der Waals surface area contributed by atoms with Crippen LogP contribution in [0, 0.1) is 0 Å². The van der Waals surface area contributed by atoms with Gasteiger partial charge in [-0.2, -0.15) is 4.37 Å². The first kappa shape index (κ1) is 12.6. The Morgan fingerprint density at radius 2 is 2.37 bits per heavy atom. The van der Waals surface area contributed by atoms with Gasteiger partial charge in [0, 0.05) is 22.6 Å². The minimum absolute atomic E-state index is 0.152. The second kappa shape index (κ2) is 4.92. The molecule has 0 bridgehead atoms. The number of anilines is 1. The molecule has 19 heavy (non-hydrogen) atoms. The van der Waals surface area contributed by atoms with Crippen molar-refractivity contribution in [2.45, 2.75) is 28.6 Å². The van der Waals surface area contributed by atoms with Crippen molar-refractivity contribution >= 4 is 34.9 Å². The molecule has 1 atom stereocenters. The molecule has 1 amide bonds. The lowest BCUT2D eigenvalue weighted by atomic mass is 10.1. The molecule has 0 saturated heterocycles. The summed E-state index contributed by atoms with van der Waals surface area (Å²) in [6.45, 7) is 2.03. The number of benzene rings is 1. The molecule has 3 N–H and O–H groups in total. The molecule has 1 aliphatic heterocycles. The lowest BCUT2D eigenvalue weighted by Gasteiger charge is -2.03. The summed E-state index contributed by atoms with van der Waals surface area (Å²) in [5.41, 5.74) is 7.42. The van der Waals surface area contributed by atoms with Crippen LogP contribution in [0.1, 0.15) is 24.4 Å². The van der Waals surface area contributed by atoms with E-state index in [2.05, 4.69) is 14.7 Å². The van der Waals surface area contributed by atoms with Crippen molar-refractivity contribution in [2.24, 2.45) is 5.73 Å². The molecule has 98 valence electrons. The Balaban J connectivity index is 1.84. The van der Waals surface area contributed by atoms with Crippen molar-refractivity contribution < 1.29 is 4.79 Å². The van der Waals surface area contributed by atoms with Gasteiger partial charge in [0.2, 0.25) is 5.91 Å². The third-order valence-corrected chi connectivity index (χ3v) is 4.65. The smallest absolute Gasteiger partial charge is 0.245 e. The fraction of sp³-hybridized carbons (Fsp3) is 0.250. The zero-order valence-electron chi connectivity index (χ0n) is 10.2. The van der Waals surface area contributed by atoms with E-state index in [-0.39, 0.29) is 5.91 Å². The van der Waals surface area contributed by atoms with Gasteiger partial charge in [-0.15, -0.1) is 0 Å². The summed E-state index contributed by atoms with van der Waals surface area (Å²) in [5, 5.41) is 2.78. The maximum atomic E-state index is 11.5. The Labute approximate surface area is 118 Å². The van der Waals surface area contributed by atoms with Crippen molar-refractivity contribution in [2.75, 3.05) is 5.32 Å². The number of hydrogen-bond acceptors (Lipinski definition) is 6. The van der Waals surface area contributed by atoms with Gasteiger partial charge in [-0.05, 0) is 23.7 Å². The molecule has 1 aromatic carbocycles. The maximum Gasteiger partial charge on any atom is 0.245 e. The molecule has 7 heteroatoms. The molecule has 1 aromatic heterocycles. The molecule has 2 heterocycles. The molecular formula is C12H12N4OS2. The maximum absolute atomic E-state index is 11.5. The second-order valence-corrected chi connectivity index (χ2v) is 6.22. The van der Waals surface area contributed by atoms with Crippen LogP contribution in [0.5, 0.6) is 0 Å². The molecule has 3 rings (SSSR count). The number of nitrogens with one attached hydrogen (secondary N) is 1. The highest BCUT2D eigenvalue weighted by atomic mass is 32.2. The van der Waals surface area contributed by atoms with Gasteiger partial charge in [-0.3, -0.25) is 4.79 Å². The molecule has 0 saturated carbocycles. The Bertz CT molecular complexity index is 640. The van der Waals surface area contributed by atoms with E-state index in [0.29, 0.717) is 0 Å². The van der Waals surface area contributed by atoms with Crippen LogP contribution in [0.15, 0.2) is 27.4 Å². The Morgan fingerprint density at radius 1 is 1.53 bits per heavy atom. The van der Waals surface area contributed by atoms with Gasteiger partial charge >= 0.3 is 0 Å². The predicted molar refractivity (Wildman–Crippen MR) is 75.4 cm³/mol. The standard InChI is InChI=1S/C12H12N4OS2/c1-2-9-15-12(19-16-9)18-6-3-4-7-8(5-6)14-11(17)10(7)13/h3-5,10H,2,13H2,1H3,(H,14,17). The van der Waals surface area contributed by atoms with Crippen LogP contribution in [0.4, 0.5) is 5.69 Å². The van der Waals surface area contributed by atoms with Crippen molar-refractivity contribution in [3.63, 3.8) is 0 Å². The number of carbonyl (C=O) groups is 1. The first-order valence-corrected chi connectivity index (χ1v) is 7.47. The van der Waals surface area contributed by atoms with Crippen LogP contribution in [-0.2, 0) is 11.2 Å². The number of fused-ring (bicyclic) bond motifs is 1. The lowest BCUT2D eigenvalue weighted by Crippen LogP contribution is -2.19. The van der Waals surface area contributed by atoms with E-state index in [0.717, 1.165) is 32.7 Å². The summed E-state index contributed by atoms with van der Waals surface area (Å²) in [4.78, 5) is 16.9. The molecule has 0 aliphatic carbocycles. The number of aromatic nitrogens is 2. The Hall–Kier alpha value is -1.44. The average Bonchev–Trinajstić information content (AvgIpc) is 2.96. The number of carbonyl (C=O) groups excluding carboxylic acids is 1. The van der Waals surface area contributed by atoms with Gasteiger partial charge in [0.05, 0.1) is 0 Å². The SMILES string of the molecule is CCc1nsc(Sc2ccc3c(c2)NC(=O)C3N)n1. The van der Waals surface area contributed by atoms with E-state index >= 15 is 0 Å². The predicted octanol–water partition coefficient (Wildman–Crippen LogP) is 2.20. The van der Waals surface area contributed by atoms with Crippen LogP contribution in [0.2, 0.25) is 0 Å². The third kappa shape index (κ3) is 2.36. The van der Waals surface area contributed by atoms with Gasteiger partial charge in [-0.1, -0.05) is 24.8 Å². The van der Waals surface area contributed by atoms with E-state index in [1.807, 2.05) is 25.1 Å². The first-order valence-electron chi connectivity index (χ1n) is 5.88. The van der Waals surface area contributed by atoms with Gasteiger partial charge in [0.25, 0.3) is 0 Å². The van der Waals surface area contributed by atoms with Gasteiger partial charge in [0.15, 0.2) is 4.34 Å². The van der Waals surface area contributed by atoms with Gasteiger partial charge in [-0.25, -0.2) is 4.98 Å². The summed E-state index contributed by atoms with van der Waals surface area (Å²) >= 11 is 2.94. The van der Waals surface area contributed by atoms with Crippen LogP contribution >= 0.6 is 23.3 Å². The van der Waals surface area contributed by atoms with Crippen molar-refractivity contribution in [3.8, 4) is 0 Å². The van der Waals surface area contributed by atoms with E-state index in [1.165, 1.54) is 11.5 Å².